The van der Waals surface area contributed by atoms with Gasteiger partial charge in [-0.05, 0) is 45.2 Å². The Labute approximate surface area is 163 Å². The summed E-state index contributed by atoms with van der Waals surface area (Å²) in [5.41, 5.74) is 2.01. The number of likely N-dealkylation sites (N-methyl/N-ethyl adjacent to an activating group) is 1. The lowest BCUT2D eigenvalue weighted by molar-refractivity contribution is 0.0206. The zero-order valence-electron chi connectivity index (χ0n) is 17.2. The highest BCUT2D eigenvalue weighted by atomic mass is 16.2. The first-order chi connectivity index (χ1) is 13.0. The van der Waals surface area contributed by atoms with E-state index in [0.29, 0.717) is 12.0 Å². The molecule has 0 spiro atoms. The third-order valence-corrected chi connectivity index (χ3v) is 6.42. The van der Waals surface area contributed by atoms with E-state index in [0.717, 1.165) is 64.2 Å². The Morgan fingerprint density at radius 1 is 1.19 bits per heavy atom. The van der Waals surface area contributed by atoms with Crippen molar-refractivity contribution in [3.8, 4) is 0 Å². The Hall–Kier alpha value is -1.21. The van der Waals surface area contributed by atoms with E-state index >= 15 is 0 Å². The number of ketones is 1. The van der Waals surface area contributed by atoms with Crippen molar-refractivity contribution in [2.45, 2.75) is 38.8 Å². The minimum absolute atomic E-state index is 0.131. The molecule has 2 aliphatic heterocycles. The summed E-state index contributed by atoms with van der Waals surface area (Å²) in [5.74, 6) is 0.744. The van der Waals surface area contributed by atoms with Gasteiger partial charge in [-0.1, -0.05) is 0 Å². The average Bonchev–Trinajstić information content (AvgIpc) is 3.02. The first-order valence-corrected chi connectivity index (χ1v) is 10.4. The molecule has 1 aromatic heterocycles. The van der Waals surface area contributed by atoms with Crippen LogP contribution in [0.5, 0.6) is 0 Å². The summed E-state index contributed by atoms with van der Waals surface area (Å²) in [7, 11) is 4.24. The molecule has 0 bridgehead atoms. The number of nitrogens with zero attached hydrogens (tertiary/aromatic N) is 4. The van der Waals surface area contributed by atoms with E-state index in [9.17, 15) is 9.90 Å². The molecule has 6 heteroatoms. The third-order valence-electron chi connectivity index (χ3n) is 6.42. The molecule has 0 aromatic carbocycles. The van der Waals surface area contributed by atoms with Crippen LogP contribution in [-0.2, 0) is 13.6 Å². The maximum absolute atomic E-state index is 11.7. The van der Waals surface area contributed by atoms with Crippen molar-refractivity contribution in [3.63, 3.8) is 0 Å². The van der Waals surface area contributed by atoms with E-state index in [-0.39, 0.29) is 12.4 Å². The Morgan fingerprint density at radius 2 is 1.93 bits per heavy atom. The van der Waals surface area contributed by atoms with Gasteiger partial charge >= 0.3 is 0 Å². The fraction of sp³-hybridized carbons (Fsp3) is 0.762. The summed E-state index contributed by atoms with van der Waals surface area (Å²) in [5, 5.41) is 9.35. The maximum atomic E-state index is 11.7. The molecule has 0 unspecified atom stereocenters. The van der Waals surface area contributed by atoms with Crippen molar-refractivity contribution in [2.75, 3.05) is 52.9 Å². The van der Waals surface area contributed by atoms with Crippen LogP contribution in [0.3, 0.4) is 0 Å². The largest absolute Gasteiger partial charge is 0.396 e. The summed E-state index contributed by atoms with van der Waals surface area (Å²) in [6.45, 7) is 9.64. The molecule has 0 amide bonds. The fourth-order valence-corrected chi connectivity index (χ4v) is 4.70. The summed E-state index contributed by atoms with van der Waals surface area (Å²) in [4.78, 5) is 19.3. The number of likely N-dealkylation sites (tertiary alicyclic amines) is 1. The van der Waals surface area contributed by atoms with Crippen molar-refractivity contribution < 1.29 is 9.90 Å². The van der Waals surface area contributed by atoms with Gasteiger partial charge in [0.1, 0.15) is 0 Å². The van der Waals surface area contributed by atoms with Crippen LogP contribution >= 0.6 is 0 Å². The zero-order chi connectivity index (χ0) is 19.4. The van der Waals surface area contributed by atoms with Crippen LogP contribution < -0.4 is 0 Å². The smallest absolute Gasteiger partial charge is 0.161 e. The number of hydrogen-bond donors (Lipinski definition) is 1. The van der Waals surface area contributed by atoms with E-state index in [1.165, 1.54) is 12.1 Å². The first kappa shape index (κ1) is 20.5. The van der Waals surface area contributed by atoms with E-state index < -0.39 is 0 Å². The molecule has 2 aliphatic rings. The number of Topliss-reactive ketones (excluding diaryl/α,β-unsaturated/α-hetero) is 1. The van der Waals surface area contributed by atoms with Crippen LogP contribution in [0.25, 0.3) is 0 Å². The van der Waals surface area contributed by atoms with Crippen LogP contribution in [0.1, 0.15) is 42.2 Å². The van der Waals surface area contributed by atoms with Gasteiger partial charge in [0.2, 0.25) is 0 Å². The third kappa shape index (κ3) is 5.19. The molecule has 27 heavy (non-hydrogen) atoms. The van der Waals surface area contributed by atoms with E-state index in [1.807, 2.05) is 19.3 Å². The highest BCUT2D eigenvalue weighted by Gasteiger charge is 2.34. The summed E-state index contributed by atoms with van der Waals surface area (Å²) >= 11 is 0. The number of aliphatic hydroxyl groups is 1. The topological polar surface area (TPSA) is 52.0 Å². The Kier molecular flexibility index (Phi) is 7.09. The number of aromatic nitrogens is 1. The van der Waals surface area contributed by atoms with Gasteiger partial charge in [0.25, 0.3) is 0 Å². The lowest BCUT2D eigenvalue weighted by Gasteiger charge is -2.46. The second kappa shape index (κ2) is 9.32. The van der Waals surface area contributed by atoms with Gasteiger partial charge < -0.3 is 14.6 Å². The number of piperidine rings is 1. The van der Waals surface area contributed by atoms with Crippen LogP contribution in [0.2, 0.25) is 0 Å². The second-order valence-electron chi connectivity index (χ2n) is 8.44. The maximum Gasteiger partial charge on any atom is 0.161 e. The molecule has 3 heterocycles. The predicted octanol–water partition coefficient (Wildman–Crippen LogP) is 1.44. The van der Waals surface area contributed by atoms with Gasteiger partial charge in [-0.2, -0.15) is 0 Å². The standard InChI is InChI=1S/C21H36N4O2/c1-17(27)19-13-20(23(3)14-19)16-24-7-6-21(18(15-24)5-4-12-26)25-10-8-22(2)9-11-25/h13-14,18,21,26H,4-12,15-16H2,1-3H3/t18-,21+/m1/s1. The molecule has 6 nitrogen and oxygen atoms in total. The Bertz CT molecular complexity index is 622. The highest BCUT2D eigenvalue weighted by molar-refractivity contribution is 5.94. The summed E-state index contributed by atoms with van der Waals surface area (Å²) < 4.78 is 2.09. The molecule has 0 saturated carbocycles. The number of piperazine rings is 1. The number of aliphatic hydroxyl groups excluding tert-OH is 1. The fourth-order valence-electron chi connectivity index (χ4n) is 4.70. The van der Waals surface area contributed by atoms with Gasteiger partial charge in [-0.25, -0.2) is 0 Å². The molecule has 0 aliphatic carbocycles. The molecule has 152 valence electrons. The van der Waals surface area contributed by atoms with Crippen molar-refractivity contribution in [1.82, 2.24) is 19.3 Å². The number of carbonyl (C=O) groups is 1. The monoisotopic (exact) mass is 376 g/mol. The minimum Gasteiger partial charge on any atom is -0.396 e. The summed E-state index contributed by atoms with van der Waals surface area (Å²) in [6, 6.07) is 2.68. The first-order valence-electron chi connectivity index (χ1n) is 10.4. The van der Waals surface area contributed by atoms with Crippen molar-refractivity contribution in [1.29, 1.82) is 0 Å². The molecule has 2 saturated heterocycles. The lowest BCUT2D eigenvalue weighted by atomic mass is 9.86. The molecule has 0 radical (unpaired) electrons. The second-order valence-corrected chi connectivity index (χ2v) is 8.44. The lowest BCUT2D eigenvalue weighted by Crippen LogP contribution is -2.56. The van der Waals surface area contributed by atoms with E-state index in [1.54, 1.807) is 6.92 Å². The number of rotatable bonds is 7. The SMILES string of the molecule is CC(=O)c1cc(CN2CC[C@H](N3CCN(C)CC3)[C@H](CCCO)C2)n(C)c1. The van der Waals surface area contributed by atoms with Gasteiger partial charge in [0.05, 0.1) is 0 Å². The van der Waals surface area contributed by atoms with Gasteiger partial charge in [0, 0.05) is 83.0 Å². The van der Waals surface area contributed by atoms with Crippen LogP contribution in [0, 0.1) is 5.92 Å². The van der Waals surface area contributed by atoms with Crippen LogP contribution in [0.4, 0.5) is 0 Å². The quantitative estimate of drug-likeness (QED) is 0.730. The zero-order valence-corrected chi connectivity index (χ0v) is 17.2. The summed E-state index contributed by atoms with van der Waals surface area (Å²) in [6.07, 6.45) is 5.12. The van der Waals surface area contributed by atoms with Crippen LogP contribution in [0.15, 0.2) is 12.3 Å². The van der Waals surface area contributed by atoms with Crippen molar-refractivity contribution >= 4 is 5.78 Å². The molecule has 1 N–H and O–H groups in total. The molecular weight excluding hydrogens is 340 g/mol. The molecule has 1 aromatic rings. The number of hydrogen-bond acceptors (Lipinski definition) is 5. The Balaban J connectivity index is 1.64. The predicted molar refractivity (Wildman–Crippen MR) is 108 cm³/mol. The van der Waals surface area contributed by atoms with Gasteiger partial charge in [0.15, 0.2) is 5.78 Å². The molecule has 2 atom stereocenters. The normalized spacial score (nSPS) is 25.8. The van der Waals surface area contributed by atoms with Gasteiger partial charge in [-0.15, -0.1) is 0 Å². The van der Waals surface area contributed by atoms with E-state index in [4.69, 9.17) is 0 Å². The molecule has 3 rings (SSSR count). The van der Waals surface area contributed by atoms with Gasteiger partial charge in [-0.3, -0.25) is 14.6 Å². The van der Waals surface area contributed by atoms with E-state index in [2.05, 4.69) is 26.3 Å². The molecule has 2 fully saturated rings. The molecular formula is C21H36N4O2. The minimum atomic E-state index is 0.131. The Morgan fingerprint density at radius 3 is 2.56 bits per heavy atom. The van der Waals surface area contributed by atoms with Crippen molar-refractivity contribution in [3.05, 3.63) is 23.5 Å². The van der Waals surface area contributed by atoms with Crippen LogP contribution in [-0.4, -0.2) is 89.1 Å². The number of aryl methyl sites for hydroxylation is 1. The van der Waals surface area contributed by atoms with Crippen molar-refractivity contribution in [2.24, 2.45) is 13.0 Å². The average molecular weight is 377 g/mol. The highest BCUT2D eigenvalue weighted by Crippen LogP contribution is 2.28. The number of carbonyl (C=O) groups excluding carboxylic acids is 1.